The van der Waals surface area contributed by atoms with Gasteiger partial charge in [-0.1, -0.05) is 31.2 Å². The Morgan fingerprint density at radius 1 is 1.15 bits per heavy atom. The summed E-state index contributed by atoms with van der Waals surface area (Å²) < 4.78 is 27.9. The summed E-state index contributed by atoms with van der Waals surface area (Å²) in [6.45, 7) is 3.37. The third-order valence-corrected chi connectivity index (χ3v) is 6.38. The lowest BCUT2D eigenvalue weighted by Crippen LogP contribution is -2.43. The number of nitrogens with one attached hydrogen (secondary N) is 2. The smallest absolute Gasteiger partial charge is 0.240 e. The van der Waals surface area contributed by atoms with Crippen LogP contribution in [-0.2, 0) is 27.7 Å². The van der Waals surface area contributed by atoms with Crippen molar-refractivity contribution in [2.75, 3.05) is 11.9 Å². The van der Waals surface area contributed by atoms with Gasteiger partial charge in [-0.05, 0) is 41.8 Å². The Morgan fingerprint density at radius 2 is 1.78 bits per heavy atom. The summed E-state index contributed by atoms with van der Waals surface area (Å²) in [5.74, 6) is -0.133. The molecule has 0 heterocycles. The van der Waals surface area contributed by atoms with Gasteiger partial charge in [0.05, 0.1) is 10.5 Å². The van der Waals surface area contributed by atoms with Crippen LogP contribution in [0.5, 0.6) is 0 Å². The highest BCUT2D eigenvalue weighted by atomic mass is 32.2. The molecule has 0 atom stereocenters. The van der Waals surface area contributed by atoms with E-state index in [1.54, 1.807) is 26.0 Å². The first-order valence-electron chi connectivity index (χ1n) is 8.92. The average Bonchev–Trinajstić information content (AvgIpc) is 2.96. The average molecular weight is 388 g/mol. The summed E-state index contributed by atoms with van der Waals surface area (Å²) in [6.07, 6.45) is 1.20. The van der Waals surface area contributed by atoms with Crippen molar-refractivity contribution < 1.29 is 18.3 Å². The van der Waals surface area contributed by atoms with Gasteiger partial charge in [0.1, 0.15) is 0 Å². The number of hydrogen-bond acceptors (Lipinski definition) is 4. The van der Waals surface area contributed by atoms with Crippen LogP contribution in [0.2, 0.25) is 0 Å². The molecular formula is C20H24N2O4S. The fourth-order valence-corrected chi connectivity index (χ4v) is 4.73. The van der Waals surface area contributed by atoms with Crippen molar-refractivity contribution in [3.05, 3.63) is 59.2 Å². The van der Waals surface area contributed by atoms with Gasteiger partial charge in [-0.3, -0.25) is 4.79 Å². The Balaban J connectivity index is 1.71. The second kappa shape index (κ2) is 7.42. The predicted octanol–water partition coefficient (Wildman–Crippen LogP) is 2.15. The lowest BCUT2D eigenvalue weighted by atomic mass is 10.0. The summed E-state index contributed by atoms with van der Waals surface area (Å²) in [4.78, 5) is 11.6. The van der Waals surface area contributed by atoms with Crippen molar-refractivity contribution in [3.8, 4) is 0 Å². The van der Waals surface area contributed by atoms with E-state index in [0.717, 1.165) is 11.1 Å². The number of carbonyl (C=O) groups excluding carboxylic acids is 1. The minimum atomic E-state index is -3.78. The van der Waals surface area contributed by atoms with E-state index in [-0.39, 0.29) is 17.3 Å². The molecule has 2 aromatic rings. The van der Waals surface area contributed by atoms with Gasteiger partial charge >= 0.3 is 0 Å². The minimum absolute atomic E-state index is 0.0578. The molecule has 1 aliphatic rings. The molecule has 3 N–H and O–H groups in total. The molecule has 1 amide bonds. The lowest BCUT2D eigenvalue weighted by molar-refractivity contribution is -0.115. The molecule has 27 heavy (non-hydrogen) atoms. The molecular weight excluding hydrogens is 364 g/mol. The summed E-state index contributed by atoms with van der Waals surface area (Å²) >= 11 is 0. The number of benzene rings is 2. The maximum atomic E-state index is 12.7. The van der Waals surface area contributed by atoms with Crippen molar-refractivity contribution in [2.45, 2.75) is 43.6 Å². The maximum absolute atomic E-state index is 12.7. The zero-order valence-corrected chi connectivity index (χ0v) is 16.3. The molecule has 0 saturated carbocycles. The fraction of sp³-hybridized carbons (Fsp3) is 0.350. The van der Waals surface area contributed by atoms with E-state index in [2.05, 4.69) is 10.0 Å². The molecule has 0 aliphatic heterocycles. The normalized spacial score (nSPS) is 15.4. The standard InChI is InChI=1S/C20H24N2O4S/c1-3-19(23)22-17-8-9-18(14(2)10-17)27(25,26)21-13-20(24)11-15-6-4-5-7-16(15)12-20/h4-10,21,24H,3,11-13H2,1-2H3,(H,22,23). The Morgan fingerprint density at radius 3 is 2.33 bits per heavy atom. The zero-order valence-electron chi connectivity index (χ0n) is 15.5. The molecule has 0 spiro atoms. The van der Waals surface area contributed by atoms with Gasteiger partial charge in [-0.2, -0.15) is 0 Å². The summed E-state index contributed by atoms with van der Waals surface area (Å²) in [6, 6.07) is 12.4. The van der Waals surface area contributed by atoms with Crippen LogP contribution in [0.15, 0.2) is 47.4 Å². The molecule has 0 fully saturated rings. The van der Waals surface area contributed by atoms with Gasteiger partial charge in [0, 0.05) is 31.5 Å². The number of aryl methyl sites for hydroxylation is 1. The van der Waals surface area contributed by atoms with Crippen LogP contribution < -0.4 is 10.0 Å². The Kier molecular flexibility index (Phi) is 5.37. The quantitative estimate of drug-likeness (QED) is 0.707. The van der Waals surface area contributed by atoms with E-state index in [9.17, 15) is 18.3 Å². The van der Waals surface area contributed by atoms with Gasteiger partial charge in [0.25, 0.3) is 0 Å². The molecule has 144 valence electrons. The maximum Gasteiger partial charge on any atom is 0.240 e. The Hall–Kier alpha value is -2.22. The van der Waals surface area contributed by atoms with Crippen molar-refractivity contribution in [2.24, 2.45) is 0 Å². The van der Waals surface area contributed by atoms with Crippen LogP contribution in [0.1, 0.15) is 30.0 Å². The number of sulfonamides is 1. The zero-order chi connectivity index (χ0) is 19.7. The second-order valence-corrected chi connectivity index (χ2v) is 8.79. The molecule has 1 aliphatic carbocycles. The van der Waals surface area contributed by atoms with Gasteiger partial charge in [0.15, 0.2) is 0 Å². The van der Waals surface area contributed by atoms with Crippen molar-refractivity contribution in [1.29, 1.82) is 0 Å². The number of aliphatic hydroxyl groups is 1. The molecule has 0 bridgehead atoms. The topological polar surface area (TPSA) is 95.5 Å². The Bertz CT molecular complexity index is 945. The summed E-state index contributed by atoms with van der Waals surface area (Å²) in [5, 5.41) is 13.5. The molecule has 0 unspecified atom stereocenters. The van der Waals surface area contributed by atoms with E-state index >= 15 is 0 Å². The van der Waals surface area contributed by atoms with Crippen molar-refractivity contribution in [1.82, 2.24) is 4.72 Å². The summed E-state index contributed by atoms with van der Waals surface area (Å²) in [5.41, 5.74) is 2.05. The van der Waals surface area contributed by atoms with Crippen LogP contribution in [0.3, 0.4) is 0 Å². The van der Waals surface area contributed by atoms with E-state index in [4.69, 9.17) is 0 Å². The van der Waals surface area contributed by atoms with Crippen molar-refractivity contribution >= 4 is 21.6 Å². The first kappa shape index (κ1) is 19.5. The van der Waals surface area contributed by atoms with Crippen LogP contribution >= 0.6 is 0 Å². The number of anilines is 1. The molecule has 3 rings (SSSR count). The molecule has 6 nitrogen and oxygen atoms in total. The molecule has 0 aromatic heterocycles. The SMILES string of the molecule is CCC(=O)Nc1ccc(S(=O)(=O)NCC2(O)Cc3ccccc3C2)c(C)c1. The number of rotatable bonds is 6. The largest absolute Gasteiger partial charge is 0.388 e. The summed E-state index contributed by atoms with van der Waals surface area (Å²) in [7, 11) is -3.78. The molecule has 2 aromatic carbocycles. The van der Waals surface area contributed by atoms with Crippen LogP contribution in [-0.4, -0.2) is 31.6 Å². The second-order valence-electron chi connectivity index (χ2n) is 7.05. The van der Waals surface area contributed by atoms with Crippen LogP contribution in [0, 0.1) is 6.92 Å². The molecule has 0 saturated heterocycles. The fourth-order valence-electron chi connectivity index (χ4n) is 3.38. The van der Waals surface area contributed by atoms with Gasteiger partial charge in [0.2, 0.25) is 15.9 Å². The van der Waals surface area contributed by atoms with Gasteiger partial charge < -0.3 is 10.4 Å². The van der Waals surface area contributed by atoms with E-state index in [1.807, 2.05) is 24.3 Å². The van der Waals surface area contributed by atoms with Crippen LogP contribution in [0.4, 0.5) is 5.69 Å². The highest BCUT2D eigenvalue weighted by Crippen LogP contribution is 2.30. The number of carbonyl (C=O) groups is 1. The number of hydrogen-bond donors (Lipinski definition) is 3. The van der Waals surface area contributed by atoms with Gasteiger partial charge in [-0.15, -0.1) is 0 Å². The van der Waals surface area contributed by atoms with E-state index < -0.39 is 15.6 Å². The third-order valence-electron chi connectivity index (χ3n) is 4.82. The molecule has 0 radical (unpaired) electrons. The Labute approximate surface area is 159 Å². The first-order chi connectivity index (χ1) is 12.7. The number of fused-ring (bicyclic) bond motifs is 1. The van der Waals surface area contributed by atoms with Crippen LogP contribution in [0.25, 0.3) is 0 Å². The molecule has 7 heteroatoms. The lowest BCUT2D eigenvalue weighted by Gasteiger charge is -2.23. The third kappa shape index (κ3) is 4.37. The highest BCUT2D eigenvalue weighted by Gasteiger charge is 2.36. The predicted molar refractivity (Wildman–Crippen MR) is 104 cm³/mol. The monoisotopic (exact) mass is 388 g/mol. The minimum Gasteiger partial charge on any atom is -0.388 e. The van der Waals surface area contributed by atoms with Gasteiger partial charge in [-0.25, -0.2) is 13.1 Å². The number of amides is 1. The van der Waals surface area contributed by atoms with E-state index in [1.165, 1.54) is 6.07 Å². The first-order valence-corrected chi connectivity index (χ1v) is 10.4. The van der Waals surface area contributed by atoms with Crippen molar-refractivity contribution in [3.63, 3.8) is 0 Å². The van der Waals surface area contributed by atoms with E-state index in [0.29, 0.717) is 30.5 Å². The highest BCUT2D eigenvalue weighted by molar-refractivity contribution is 7.89.